The molecule has 0 saturated carbocycles. The van der Waals surface area contributed by atoms with Crippen molar-refractivity contribution in [3.05, 3.63) is 47.8 Å². The van der Waals surface area contributed by atoms with Gasteiger partial charge in [0.2, 0.25) is 0 Å². The van der Waals surface area contributed by atoms with E-state index >= 15 is 0 Å². The van der Waals surface area contributed by atoms with Gasteiger partial charge in [0, 0.05) is 20.3 Å². The van der Waals surface area contributed by atoms with Crippen molar-refractivity contribution in [2.24, 2.45) is 0 Å². The van der Waals surface area contributed by atoms with Crippen LogP contribution in [0.1, 0.15) is 5.56 Å². The van der Waals surface area contributed by atoms with Gasteiger partial charge in [0.05, 0.1) is 7.11 Å². The zero-order chi connectivity index (χ0) is 15.0. The molecule has 1 aromatic carbocycles. The van der Waals surface area contributed by atoms with Gasteiger partial charge in [-0.3, -0.25) is 5.32 Å². The van der Waals surface area contributed by atoms with Gasteiger partial charge < -0.3 is 14.4 Å². The van der Waals surface area contributed by atoms with E-state index in [1.165, 1.54) is 13.3 Å². The Bertz CT molecular complexity index is 483. The van der Waals surface area contributed by atoms with Crippen molar-refractivity contribution in [3.63, 3.8) is 0 Å². The van der Waals surface area contributed by atoms with Crippen molar-refractivity contribution in [2.45, 2.75) is 6.61 Å². The van der Waals surface area contributed by atoms with E-state index in [0.29, 0.717) is 0 Å². The number of carbonyl (C=O) groups is 2. The highest BCUT2D eigenvalue weighted by atomic mass is 16.6. The molecule has 0 atom stereocenters. The number of rotatable bonds is 5. The van der Waals surface area contributed by atoms with E-state index in [2.05, 4.69) is 10.1 Å². The minimum atomic E-state index is -0.715. The molecule has 0 aromatic heterocycles. The van der Waals surface area contributed by atoms with Gasteiger partial charge in [0.1, 0.15) is 12.3 Å². The SMILES string of the molecule is COC(=O)C(=CN(C)C)NC(=O)OCc1ccccc1. The molecule has 0 spiro atoms. The first-order valence-corrected chi connectivity index (χ1v) is 5.97. The number of hydrogen-bond acceptors (Lipinski definition) is 5. The molecule has 1 rings (SSSR count). The zero-order valence-electron chi connectivity index (χ0n) is 11.8. The van der Waals surface area contributed by atoms with Gasteiger partial charge in [-0.15, -0.1) is 0 Å². The Morgan fingerprint density at radius 1 is 1.25 bits per heavy atom. The minimum Gasteiger partial charge on any atom is -0.464 e. The lowest BCUT2D eigenvalue weighted by atomic mass is 10.2. The van der Waals surface area contributed by atoms with Crippen molar-refractivity contribution in [3.8, 4) is 0 Å². The molecule has 0 saturated heterocycles. The second-order valence-electron chi connectivity index (χ2n) is 4.18. The average molecular weight is 278 g/mol. The normalized spacial score (nSPS) is 10.7. The van der Waals surface area contributed by atoms with E-state index in [-0.39, 0.29) is 12.3 Å². The van der Waals surface area contributed by atoms with Crippen LogP contribution in [0.15, 0.2) is 42.2 Å². The third kappa shape index (κ3) is 5.43. The molecule has 6 heteroatoms. The van der Waals surface area contributed by atoms with Crippen LogP contribution in [0.4, 0.5) is 4.79 Å². The van der Waals surface area contributed by atoms with E-state index in [4.69, 9.17) is 4.74 Å². The van der Waals surface area contributed by atoms with Crippen LogP contribution in [0, 0.1) is 0 Å². The van der Waals surface area contributed by atoms with Gasteiger partial charge in [0.25, 0.3) is 0 Å². The summed E-state index contributed by atoms with van der Waals surface area (Å²) >= 11 is 0. The molecular weight excluding hydrogens is 260 g/mol. The molecule has 0 aliphatic carbocycles. The highest BCUT2D eigenvalue weighted by Crippen LogP contribution is 2.02. The van der Waals surface area contributed by atoms with Crippen molar-refractivity contribution >= 4 is 12.1 Å². The Labute approximate surface area is 118 Å². The lowest BCUT2D eigenvalue weighted by Gasteiger charge is -2.12. The summed E-state index contributed by atoms with van der Waals surface area (Å²) in [6.07, 6.45) is 0.725. The zero-order valence-corrected chi connectivity index (χ0v) is 11.8. The van der Waals surface area contributed by atoms with Crippen LogP contribution < -0.4 is 5.32 Å². The lowest BCUT2D eigenvalue weighted by molar-refractivity contribution is -0.136. The summed E-state index contributed by atoms with van der Waals surface area (Å²) < 4.78 is 9.59. The maximum Gasteiger partial charge on any atom is 0.412 e. The van der Waals surface area contributed by atoms with E-state index in [1.807, 2.05) is 30.3 Å². The molecule has 0 aliphatic heterocycles. The predicted octanol–water partition coefficient (Wildman–Crippen LogP) is 1.49. The van der Waals surface area contributed by atoms with Gasteiger partial charge in [-0.25, -0.2) is 9.59 Å². The average Bonchev–Trinajstić information content (AvgIpc) is 2.44. The summed E-state index contributed by atoms with van der Waals surface area (Å²) in [5, 5.41) is 2.35. The van der Waals surface area contributed by atoms with Crippen molar-refractivity contribution < 1.29 is 19.1 Å². The van der Waals surface area contributed by atoms with E-state index < -0.39 is 12.1 Å². The third-order valence-electron chi connectivity index (χ3n) is 2.24. The van der Waals surface area contributed by atoms with Crippen LogP contribution in [0.3, 0.4) is 0 Å². The van der Waals surface area contributed by atoms with Crippen molar-refractivity contribution in [2.75, 3.05) is 21.2 Å². The predicted molar refractivity (Wildman–Crippen MR) is 73.5 cm³/mol. The van der Waals surface area contributed by atoms with Crippen LogP contribution in [0.25, 0.3) is 0 Å². The smallest absolute Gasteiger partial charge is 0.412 e. The number of hydrogen-bond donors (Lipinski definition) is 1. The maximum atomic E-state index is 11.6. The molecule has 108 valence electrons. The molecule has 0 aliphatic rings. The van der Waals surface area contributed by atoms with Gasteiger partial charge >= 0.3 is 12.1 Å². The highest BCUT2D eigenvalue weighted by Gasteiger charge is 2.14. The van der Waals surface area contributed by atoms with Crippen LogP contribution in [0.2, 0.25) is 0 Å². The number of nitrogens with zero attached hydrogens (tertiary/aromatic N) is 1. The fraction of sp³-hybridized carbons (Fsp3) is 0.286. The molecule has 0 fully saturated rings. The van der Waals surface area contributed by atoms with Gasteiger partial charge in [-0.2, -0.15) is 0 Å². The summed E-state index contributed by atoms with van der Waals surface area (Å²) in [5.41, 5.74) is 0.870. The van der Waals surface area contributed by atoms with E-state index in [9.17, 15) is 9.59 Å². The maximum absolute atomic E-state index is 11.6. The standard InChI is InChI=1S/C14H18N2O4/c1-16(2)9-12(13(17)19-3)15-14(18)20-10-11-7-5-4-6-8-11/h4-9H,10H2,1-3H3,(H,15,18). The first-order chi connectivity index (χ1) is 9.52. The number of esters is 1. The fourth-order valence-corrected chi connectivity index (χ4v) is 1.37. The van der Waals surface area contributed by atoms with E-state index in [1.54, 1.807) is 19.0 Å². The molecule has 1 amide bonds. The Hall–Kier alpha value is -2.50. The number of benzene rings is 1. The topological polar surface area (TPSA) is 67.9 Å². The summed E-state index contributed by atoms with van der Waals surface area (Å²) in [6.45, 7) is 0.128. The first-order valence-electron chi connectivity index (χ1n) is 5.97. The molecule has 20 heavy (non-hydrogen) atoms. The number of carbonyl (C=O) groups excluding carboxylic acids is 2. The van der Waals surface area contributed by atoms with E-state index in [0.717, 1.165) is 5.56 Å². The molecule has 0 heterocycles. The van der Waals surface area contributed by atoms with Crippen molar-refractivity contribution in [1.29, 1.82) is 0 Å². The second kappa shape index (κ2) is 7.83. The summed E-state index contributed by atoms with van der Waals surface area (Å²) in [4.78, 5) is 24.7. The Morgan fingerprint density at radius 2 is 1.90 bits per heavy atom. The van der Waals surface area contributed by atoms with Gasteiger partial charge in [0.15, 0.2) is 0 Å². The first kappa shape index (κ1) is 15.6. The minimum absolute atomic E-state index is 0.00978. The molecule has 1 aromatic rings. The largest absolute Gasteiger partial charge is 0.464 e. The molecule has 1 N–H and O–H groups in total. The summed E-state index contributed by atoms with van der Waals surface area (Å²) in [5.74, 6) is -0.643. The number of ether oxygens (including phenoxy) is 2. The molecular formula is C14H18N2O4. The Balaban J connectivity index is 2.56. The Kier molecular flexibility index (Phi) is 6.09. The molecule has 6 nitrogen and oxygen atoms in total. The van der Waals surface area contributed by atoms with Crippen LogP contribution in [0.5, 0.6) is 0 Å². The Morgan fingerprint density at radius 3 is 2.45 bits per heavy atom. The van der Waals surface area contributed by atoms with Crippen LogP contribution in [-0.4, -0.2) is 38.2 Å². The summed E-state index contributed by atoms with van der Waals surface area (Å²) in [7, 11) is 4.68. The summed E-state index contributed by atoms with van der Waals surface area (Å²) in [6, 6.07) is 9.25. The number of alkyl carbamates (subject to hydrolysis) is 1. The quantitative estimate of drug-likeness (QED) is 0.653. The molecule has 0 unspecified atom stereocenters. The van der Waals surface area contributed by atoms with Crippen molar-refractivity contribution in [1.82, 2.24) is 10.2 Å². The van der Waals surface area contributed by atoms with Crippen LogP contribution >= 0.6 is 0 Å². The molecule has 0 bridgehead atoms. The monoisotopic (exact) mass is 278 g/mol. The second-order valence-corrected chi connectivity index (χ2v) is 4.18. The van der Waals surface area contributed by atoms with Gasteiger partial charge in [-0.05, 0) is 5.56 Å². The van der Waals surface area contributed by atoms with Crippen LogP contribution in [-0.2, 0) is 20.9 Å². The number of amides is 1. The molecule has 0 radical (unpaired) electrons. The lowest BCUT2D eigenvalue weighted by Crippen LogP contribution is -2.30. The van der Waals surface area contributed by atoms with Gasteiger partial charge in [-0.1, -0.05) is 30.3 Å². The number of nitrogens with one attached hydrogen (secondary N) is 1. The highest BCUT2D eigenvalue weighted by molar-refractivity contribution is 5.91. The fourth-order valence-electron chi connectivity index (χ4n) is 1.37. The number of methoxy groups -OCH3 is 1. The third-order valence-corrected chi connectivity index (χ3v) is 2.24.